The van der Waals surface area contributed by atoms with E-state index in [-0.39, 0.29) is 18.6 Å². The molecule has 2 aromatic carbocycles. The highest BCUT2D eigenvalue weighted by molar-refractivity contribution is 5.88. The molecule has 0 saturated heterocycles. The Labute approximate surface area is 194 Å². The molecular weight excluding hydrogens is 420 g/mol. The predicted octanol–water partition coefficient (Wildman–Crippen LogP) is 4.41. The van der Waals surface area contributed by atoms with Gasteiger partial charge in [-0.1, -0.05) is 68.8 Å². The maximum Gasteiger partial charge on any atom is 0.407 e. The number of alkyl carbamates (subject to hydrolysis) is 1. The van der Waals surface area contributed by atoms with E-state index in [9.17, 15) is 19.5 Å². The molecule has 2 atom stereocenters. The zero-order chi connectivity index (χ0) is 24.0. The smallest absolute Gasteiger partial charge is 0.407 e. The van der Waals surface area contributed by atoms with Gasteiger partial charge in [-0.05, 0) is 42.0 Å². The maximum atomic E-state index is 13.1. The molecule has 7 nitrogen and oxygen atoms in total. The van der Waals surface area contributed by atoms with Crippen LogP contribution in [-0.4, -0.2) is 53.2 Å². The number of rotatable bonds is 10. The van der Waals surface area contributed by atoms with Gasteiger partial charge >= 0.3 is 12.1 Å². The first-order chi connectivity index (χ1) is 15.9. The van der Waals surface area contributed by atoms with Crippen molar-refractivity contribution in [2.24, 2.45) is 0 Å². The molecule has 33 heavy (non-hydrogen) atoms. The van der Waals surface area contributed by atoms with Crippen LogP contribution in [0, 0.1) is 0 Å². The van der Waals surface area contributed by atoms with E-state index in [0.717, 1.165) is 22.3 Å². The van der Waals surface area contributed by atoms with Gasteiger partial charge < -0.3 is 20.1 Å². The van der Waals surface area contributed by atoms with Crippen LogP contribution in [0.25, 0.3) is 11.1 Å². The number of nitrogens with one attached hydrogen (secondary N) is 1. The topological polar surface area (TPSA) is 95.9 Å². The van der Waals surface area contributed by atoms with Crippen LogP contribution in [0.3, 0.4) is 0 Å². The summed E-state index contributed by atoms with van der Waals surface area (Å²) < 4.78 is 5.58. The first kappa shape index (κ1) is 24.3. The molecule has 7 heteroatoms. The van der Waals surface area contributed by atoms with Gasteiger partial charge in [-0.15, -0.1) is 0 Å². The lowest BCUT2D eigenvalue weighted by molar-refractivity contribution is -0.147. The maximum absolute atomic E-state index is 13.1. The van der Waals surface area contributed by atoms with Gasteiger partial charge in [0.05, 0.1) is 0 Å². The van der Waals surface area contributed by atoms with Crippen LogP contribution in [0.1, 0.15) is 57.1 Å². The van der Waals surface area contributed by atoms with E-state index in [4.69, 9.17) is 4.74 Å². The molecule has 2 amide bonds. The summed E-state index contributed by atoms with van der Waals surface area (Å²) in [6.45, 7) is 5.35. The van der Waals surface area contributed by atoms with E-state index in [1.807, 2.05) is 50.2 Å². The molecule has 0 spiro atoms. The van der Waals surface area contributed by atoms with Crippen LogP contribution >= 0.6 is 0 Å². The Morgan fingerprint density at radius 1 is 1.03 bits per heavy atom. The van der Waals surface area contributed by atoms with Crippen molar-refractivity contribution < 1.29 is 24.2 Å². The summed E-state index contributed by atoms with van der Waals surface area (Å²) in [6.07, 6.45) is 0.989. The van der Waals surface area contributed by atoms with Crippen molar-refractivity contribution in [2.75, 3.05) is 13.2 Å². The number of aliphatic carboxylic acids is 1. The van der Waals surface area contributed by atoms with Crippen molar-refractivity contribution in [3.05, 3.63) is 59.7 Å². The summed E-state index contributed by atoms with van der Waals surface area (Å²) in [5, 5.41) is 11.9. The monoisotopic (exact) mass is 452 g/mol. The molecule has 0 aliphatic heterocycles. The van der Waals surface area contributed by atoms with Crippen molar-refractivity contribution in [3.8, 4) is 11.1 Å². The Morgan fingerprint density at radius 3 is 2.12 bits per heavy atom. The molecule has 0 bridgehead atoms. The number of carbonyl (C=O) groups excluding carboxylic acids is 2. The van der Waals surface area contributed by atoms with Crippen LogP contribution in [0.4, 0.5) is 4.79 Å². The number of carboxylic acid groups (broad SMARTS) is 1. The van der Waals surface area contributed by atoms with Crippen molar-refractivity contribution in [1.29, 1.82) is 0 Å². The highest BCUT2D eigenvalue weighted by Crippen LogP contribution is 2.44. The second-order valence-electron chi connectivity index (χ2n) is 8.43. The number of hydrogen-bond acceptors (Lipinski definition) is 4. The zero-order valence-corrected chi connectivity index (χ0v) is 19.4. The molecule has 3 rings (SSSR count). The Hall–Kier alpha value is -3.35. The standard InChI is InChI=1S/C26H32N2O5/c1-4-10-23(25(31)28(15-24(29)30)17(3)5-2)27-26(32)33-16-22-20-13-8-6-11-18(20)19-12-7-9-14-21(19)22/h6-9,11-14,17,22-23H,4-5,10,15-16H2,1-3H3,(H,27,32)(H,29,30). The van der Waals surface area contributed by atoms with E-state index < -0.39 is 30.6 Å². The summed E-state index contributed by atoms with van der Waals surface area (Å²) in [6, 6.07) is 15.1. The quantitative estimate of drug-likeness (QED) is 0.557. The summed E-state index contributed by atoms with van der Waals surface area (Å²) in [4.78, 5) is 38.4. The number of ether oxygens (including phenoxy) is 1. The molecule has 2 unspecified atom stereocenters. The number of carbonyl (C=O) groups is 3. The third-order valence-electron chi connectivity index (χ3n) is 6.22. The van der Waals surface area contributed by atoms with Crippen molar-refractivity contribution >= 4 is 18.0 Å². The van der Waals surface area contributed by atoms with Crippen LogP contribution in [0.2, 0.25) is 0 Å². The molecule has 2 aromatic rings. The Bertz CT molecular complexity index is 960. The number of amides is 2. The predicted molar refractivity (Wildman–Crippen MR) is 126 cm³/mol. The lowest BCUT2D eigenvalue weighted by Gasteiger charge is -2.31. The number of carboxylic acids is 1. The van der Waals surface area contributed by atoms with E-state index in [1.54, 1.807) is 6.92 Å². The van der Waals surface area contributed by atoms with Gasteiger partial charge in [0.1, 0.15) is 19.2 Å². The summed E-state index contributed by atoms with van der Waals surface area (Å²) in [5.74, 6) is -1.56. The first-order valence-corrected chi connectivity index (χ1v) is 11.5. The second-order valence-corrected chi connectivity index (χ2v) is 8.43. The van der Waals surface area contributed by atoms with Crippen molar-refractivity contribution in [1.82, 2.24) is 10.2 Å². The zero-order valence-electron chi connectivity index (χ0n) is 19.4. The molecular formula is C26H32N2O5. The van der Waals surface area contributed by atoms with E-state index in [0.29, 0.717) is 19.3 Å². The molecule has 0 heterocycles. The minimum absolute atomic E-state index is 0.0768. The third kappa shape index (κ3) is 5.53. The average molecular weight is 453 g/mol. The largest absolute Gasteiger partial charge is 0.480 e. The molecule has 0 fully saturated rings. The van der Waals surface area contributed by atoms with Crippen LogP contribution in [-0.2, 0) is 14.3 Å². The molecule has 176 valence electrons. The summed E-state index contributed by atoms with van der Waals surface area (Å²) in [7, 11) is 0. The summed E-state index contributed by atoms with van der Waals surface area (Å²) in [5.41, 5.74) is 4.49. The van der Waals surface area contributed by atoms with Crippen LogP contribution < -0.4 is 5.32 Å². The molecule has 1 aliphatic carbocycles. The Morgan fingerprint density at radius 2 is 1.61 bits per heavy atom. The van der Waals surface area contributed by atoms with Gasteiger partial charge in [0.15, 0.2) is 0 Å². The Balaban J connectivity index is 1.69. The molecule has 1 aliphatic rings. The van der Waals surface area contributed by atoms with Crippen molar-refractivity contribution in [3.63, 3.8) is 0 Å². The fourth-order valence-corrected chi connectivity index (χ4v) is 4.35. The average Bonchev–Trinajstić information content (AvgIpc) is 3.13. The molecule has 0 saturated carbocycles. The summed E-state index contributed by atoms with van der Waals surface area (Å²) >= 11 is 0. The van der Waals surface area contributed by atoms with Gasteiger partial charge in [-0.2, -0.15) is 0 Å². The number of benzene rings is 2. The van der Waals surface area contributed by atoms with Crippen molar-refractivity contribution in [2.45, 2.75) is 58.0 Å². The number of nitrogens with zero attached hydrogens (tertiary/aromatic N) is 1. The van der Waals surface area contributed by atoms with Crippen LogP contribution in [0.15, 0.2) is 48.5 Å². The normalized spacial score (nSPS) is 14.0. The number of hydrogen-bond donors (Lipinski definition) is 2. The minimum Gasteiger partial charge on any atom is -0.480 e. The lowest BCUT2D eigenvalue weighted by atomic mass is 9.98. The van der Waals surface area contributed by atoms with E-state index in [2.05, 4.69) is 17.4 Å². The van der Waals surface area contributed by atoms with Gasteiger partial charge in [0, 0.05) is 12.0 Å². The highest BCUT2D eigenvalue weighted by atomic mass is 16.5. The second kappa shape index (κ2) is 11.0. The molecule has 0 radical (unpaired) electrons. The SMILES string of the molecule is CCCC(NC(=O)OCC1c2ccccc2-c2ccccc21)C(=O)N(CC(=O)O)C(C)CC. The number of fused-ring (bicyclic) bond motifs is 3. The van der Waals surface area contributed by atoms with Gasteiger partial charge in [-0.3, -0.25) is 9.59 Å². The fourth-order valence-electron chi connectivity index (χ4n) is 4.35. The third-order valence-corrected chi connectivity index (χ3v) is 6.22. The fraction of sp³-hybridized carbons (Fsp3) is 0.423. The van der Waals surface area contributed by atoms with Gasteiger partial charge in [0.25, 0.3) is 0 Å². The van der Waals surface area contributed by atoms with Gasteiger partial charge in [-0.25, -0.2) is 4.79 Å². The van der Waals surface area contributed by atoms with E-state index >= 15 is 0 Å². The highest BCUT2D eigenvalue weighted by Gasteiger charge is 2.32. The Kier molecular flexibility index (Phi) is 8.09. The molecule has 2 N–H and O–H groups in total. The first-order valence-electron chi connectivity index (χ1n) is 11.5. The van der Waals surface area contributed by atoms with Crippen LogP contribution in [0.5, 0.6) is 0 Å². The van der Waals surface area contributed by atoms with Gasteiger partial charge in [0.2, 0.25) is 5.91 Å². The minimum atomic E-state index is -1.08. The van der Waals surface area contributed by atoms with E-state index in [1.165, 1.54) is 4.90 Å². The molecule has 0 aromatic heterocycles. The lowest BCUT2D eigenvalue weighted by Crippen LogP contribution is -2.52.